The van der Waals surface area contributed by atoms with E-state index in [0.717, 1.165) is 34.7 Å². The quantitative estimate of drug-likeness (QED) is 0.763. The average Bonchev–Trinajstić information content (AvgIpc) is 3.02. The van der Waals surface area contributed by atoms with E-state index in [1.54, 1.807) is 11.3 Å². The molecule has 2 heterocycles. The Kier molecular flexibility index (Phi) is 3.73. The maximum Gasteiger partial charge on any atom is 0.232 e. The Morgan fingerprint density at radius 3 is 2.75 bits per heavy atom. The summed E-state index contributed by atoms with van der Waals surface area (Å²) >= 11 is 1.60. The summed E-state index contributed by atoms with van der Waals surface area (Å²) in [5, 5.41) is 9.21. The largest absolute Gasteiger partial charge is 0.355 e. The van der Waals surface area contributed by atoms with Gasteiger partial charge in [0.15, 0.2) is 5.76 Å². The highest BCUT2D eigenvalue weighted by molar-refractivity contribution is 7.13. The summed E-state index contributed by atoms with van der Waals surface area (Å²) in [6.07, 6.45) is 1.65. The van der Waals surface area contributed by atoms with E-state index in [9.17, 15) is 4.79 Å². The fourth-order valence-corrected chi connectivity index (χ4v) is 3.49. The number of carbonyl (C=O) groups is 1. The summed E-state index contributed by atoms with van der Waals surface area (Å²) in [5.74, 6) is 0.770. The number of nitrogens with zero attached hydrogens (tertiary/aromatic N) is 1. The lowest BCUT2D eigenvalue weighted by molar-refractivity contribution is -0.123. The third-order valence-corrected chi connectivity index (χ3v) is 5.41. The third kappa shape index (κ3) is 2.76. The van der Waals surface area contributed by atoms with E-state index >= 15 is 0 Å². The first-order chi connectivity index (χ1) is 11.7. The summed E-state index contributed by atoms with van der Waals surface area (Å²) < 4.78 is 5.44. The Bertz CT molecular complexity index is 846. The van der Waals surface area contributed by atoms with E-state index in [4.69, 9.17) is 4.52 Å². The highest BCUT2D eigenvalue weighted by Gasteiger charge is 2.53. The van der Waals surface area contributed by atoms with Gasteiger partial charge in [0.25, 0.3) is 0 Å². The number of aromatic nitrogens is 1. The van der Waals surface area contributed by atoms with Gasteiger partial charge >= 0.3 is 0 Å². The Morgan fingerprint density at radius 1 is 1.29 bits per heavy atom. The predicted molar refractivity (Wildman–Crippen MR) is 93.8 cm³/mol. The monoisotopic (exact) mass is 338 g/mol. The van der Waals surface area contributed by atoms with Gasteiger partial charge in [0.2, 0.25) is 5.91 Å². The molecular weight excluding hydrogens is 320 g/mol. The number of nitrogens with one attached hydrogen (secondary N) is 1. The smallest absolute Gasteiger partial charge is 0.232 e. The van der Waals surface area contributed by atoms with E-state index in [0.29, 0.717) is 6.54 Å². The van der Waals surface area contributed by atoms with Gasteiger partial charge in [-0.1, -0.05) is 41.1 Å². The molecule has 5 heteroatoms. The van der Waals surface area contributed by atoms with Crippen LogP contribution in [0.5, 0.6) is 0 Å². The zero-order valence-corrected chi connectivity index (χ0v) is 14.2. The fraction of sp³-hybridized carbons (Fsp3) is 0.263. The van der Waals surface area contributed by atoms with Gasteiger partial charge in [-0.05, 0) is 36.8 Å². The standard InChI is InChI=1S/C19H18N2O2S/c1-13-4-6-14(7-5-13)12-20-18(22)19(8-9-19)17-11-15(23-21-17)16-3-2-10-24-16/h2-7,10-11H,8-9,12H2,1H3,(H,20,22). The SMILES string of the molecule is Cc1ccc(CNC(=O)C2(c3cc(-c4cccs4)on3)CC2)cc1. The second-order valence-electron chi connectivity index (χ2n) is 6.30. The van der Waals surface area contributed by atoms with Crippen molar-refractivity contribution in [2.75, 3.05) is 0 Å². The Morgan fingerprint density at radius 2 is 2.08 bits per heavy atom. The molecule has 0 saturated heterocycles. The molecule has 0 spiro atoms. The molecule has 1 aliphatic carbocycles. The van der Waals surface area contributed by atoms with Gasteiger partial charge < -0.3 is 9.84 Å². The third-order valence-electron chi connectivity index (χ3n) is 4.52. The first-order valence-corrected chi connectivity index (χ1v) is 8.90. The molecule has 4 nitrogen and oxygen atoms in total. The Labute approximate surface area is 144 Å². The van der Waals surface area contributed by atoms with E-state index in [-0.39, 0.29) is 5.91 Å². The Balaban J connectivity index is 1.47. The first-order valence-electron chi connectivity index (χ1n) is 8.02. The molecule has 1 amide bonds. The number of carbonyl (C=O) groups excluding carboxylic acids is 1. The minimum atomic E-state index is -0.510. The summed E-state index contributed by atoms with van der Waals surface area (Å²) in [4.78, 5) is 13.7. The number of hydrogen-bond donors (Lipinski definition) is 1. The fourth-order valence-electron chi connectivity index (χ4n) is 2.82. The van der Waals surface area contributed by atoms with Crippen LogP contribution in [0.1, 0.15) is 29.7 Å². The van der Waals surface area contributed by atoms with E-state index in [1.807, 2.05) is 35.7 Å². The molecule has 3 aromatic rings. The molecule has 4 rings (SSSR count). The number of amides is 1. The van der Waals surface area contributed by atoms with Crippen molar-refractivity contribution in [3.63, 3.8) is 0 Å². The average molecular weight is 338 g/mol. The first kappa shape index (κ1) is 15.1. The van der Waals surface area contributed by atoms with Crippen LogP contribution < -0.4 is 5.32 Å². The van der Waals surface area contributed by atoms with Crippen LogP contribution in [0.25, 0.3) is 10.6 Å². The lowest BCUT2D eigenvalue weighted by Crippen LogP contribution is -2.34. The highest BCUT2D eigenvalue weighted by atomic mass is 32.1. The van der Waals surface area contributed by atoms with E-state index in [2.05, 4.69) is 29.5 Å². The van der Waals surface area contributed by atoms with Crippen molar-refractivity contribution in [1.29, 1.82) is 0 Å². The molecule has 0 bridgehead atoms. The number of rotatable bonds is 5. The van der Waals surface area contributed by atoms with Gasteiger partial charge in [0.05, 0.1) is 16.0 Å². The molecule has 0 radical (unpaired) electrons. The molecule has 1 aromatic carbocycles. The van der Waals surface area contributed by atoms with Crippen molar-refractivity contribution in [1.82, 2.24) is 10.5 Å². The lowest BCUT2D eigenvalue weighted by atomic mass is 10.0. The minimum Gasteiger partial charge on any atom is -0.355 e. The number of hydrogen-bond acceptors (Lipinski definition) is 4. The molecule has 1 aliphatic rings. The van der Waals surface area contributed by atoms with Crippen molar-refractivity contribution in [2.24, 2.45) is 0 Å². The van der Waals surface area contributed by atoms with Crippen molar-refractivity contribution >= 4 is 17.2 Å². The molecule has 2 aromatic heterocycles. The molecule has 1 N–H and O–H groups in total. The zero-order valence-electron chi connectivity index (χ0n) is 13.4. The topological polar surface area (TPSA) is 55.1 Å². The molecule has 24 heavy (non-hydrogen) atoms. The van der Waals surface area contributed by atoms with Gasteiger partial charge in [-0.3, -0.25) is 4.79 Å². The normalized spacial score (nSPS) is 15.2. The maximum absolute atomic E-state index is 12.7. The minimum absolute atomic E-state index is 0.0362. The Hall–Kier alpha value is -2.40. The molecule has 1 fully saturated rings. The van der Waals surface area contributed by atoms with Gasteiger partial charge in [-0.2, -0.15) is 0 Å². The van der Waals surface area contributed by atoms with Crippen LogP contribution >= 0.6 is 11.3 Å². The van der Waals surface area contributed by atoms with E-state index in [1.165, 1.54) is 5.56 Å². The van der Waals surface area contributed by atoms with E-state index < -0.39 is 5.41 Å². The van der Waals surface area contributed by atoms with Crippen molar-refractivity contribution in [3.05, 3.63) is 64.7 Å². The van der Waals surface area contributed by atoms with Gasteiger partial charge in [-0.15, -0.1) is 11.3 Å². The molecule has 1 saturated carbocycles. The van der Waals surface area contributed by atoms with Gasteiger partial charge in [-0.25, -0.2) is 0 Å². The summed E-state index contributed by atoms with van der Waals surface area (Å²) in [6.45, 7) is 2.59. The van der Waals surface area contributed by atoms with Crippen LogP contribution in [0.15, 0.2) is 52.4 Å². The second kappa shape index (κ2) is 5.91. The van der Waals surface area contributed by atoms with Gasteiger partial charge in [0, 0.05) is 12.6 Å². The van der Waals surface area contributed by atoms with Crippen LogP contribution in [0, 0.1) is 6.92 Å². The highest BCUT2D eigenvalue weighted by Crippen LogP contribution is 2.48. The number of benzene rings is 1. The van der Waals surface area contributed by atoms with Gasteiger partial charge in [0.1, 0.15) is 0 Å². The summed E-state index contributed by atoms with van der Waals surface area (Å²) in [7, 11) is 0. The summed E-state index contributed by atoms with van der Waals surface area (Å²) in [5.41, 5.74) is 2.55. The van der Waals surface area contributed by atoms with Crippen LogP contribution in [0.2, 0.25) is 0 Å². The number of thiophene rings is 1. The van der Waals surface area contributed by atoms with Crippen molar-refractivity contribution < 1.29 is 9.32 Å². The molecule has 0 aliphatic heterocycles. The molecule has 122 valence electrons. The molecule has 0 atom stereocenters. The summed E-state index contributed by atoms with van der Waals surface area (Å²) in [6, 6.07) is 14.1. The predicted octanol–water partition coefficient (Wildman–Crippen LogP) is 4.06. The maximum atomic E-state index is 12.7. The van der Waals surface area contributed by atoms with Crippen LogP contribution in [-0.4, -0.2) is 11.1 Å². The van der Waals surface area contributed by atoms with Crippen LogP contribution in [0.4, 0.5) is 0 Å². The van der Waals surface area contributed by atoms with Crippen molar-refractivity contribution in [2.45, 2.75) is 31.7 Å². The van der Waals surface area contributed by atoms with Crippen LogP contribution in [-0.2, 0) is 16.8 Å². The zero-order chi connectivity index (χ0) is 16.6. The molecular formula is C19H18N2O2S. The molecule has 0 unspecified atom stereocenters. The lowest BCUT2D eigenvalue weighted by Gasteiger charge is -2.12. The number of aryl methyl sites for hydroxylation is 1. The second-order valence-corrected chi connectivity index (χ2v) is 7.25. The van der Waals surface area contributed by atoms with Crippen LogP contribution in [0.3, 0.4) is 0 Å². The van der Waals surface area contributed by atoms with Crippen molar-refractivity contribution in [3.8, 4) is 10.6 Å².